The summed E-state index contributed by atoms with van der Waals surface area (Å²) in [4.78, 5) is 13.8. The second kappa shape index (κ2) is 4.55. The average Bonchev–Trinajstić information content (AvgIpc) is 2.95. The van der Waals surface area contributed by atoms with Gasteiger partial charge in [0.25, 0.3) is 0 Å². The van der Waals surface area contributed by atoms with Crippen LogP contribution in [0.25, 0.3) is 0 Å². The largest absolute Gasteiger partial charge is 0.465 e. The zero-order valence-corrected chi connectivity index (χ0v) is 10.8. The van der Waals surface area contributed by atoms with E-state index >= 15 is 0 Å². The number of rotatable bonds is 3. The van der Waals surface area contributed by atoms with Crippen LogP contribution in [-0.2, 0) is 11.2 Å². The lowest BCUT2D eigenvalue weighted by molar-refractivity contribution is -0.117. The van der Waals surface area contributed by atoms with E-state index in [4.69, 9.17) is 10.2 Å². The van der Waals surface area contributed by atoms with Crippen LogP contribution in [-0.4, -0.2) is 12.5 Å². The first-order chi connectivity index (χ1) is 9.15. The highest BCUT2D eigenvalue weighted by atomic mass is 16.3. The molecular weight excluding hydrogens is 240 g/mol. The standard InChI is InChI=1S/C15H16N2O2/c1-10-6-7-14(19-10)12(16)9-17-13-5-3-2-4-11(13)8-15(17)18/h2-7,12H,8-9,16H2,1H3. The molecule has 1 aromatic carbocycles. The molecule has 1 unspecified atom stereocenters. The second-order valence-electron chi connectivity index (χ2n) is 4.86. The average molecular weight is 256 g/mol. The zero-order chi connectivity index (χ0) is 13.4. The SMILES string of the molecule is Cc1ccc(C(N)CN2C(=O)Cc3ccccc32)o1. The van der Waals surface area contributed by atoms with E-state index in [1.165, 1.54) is 0 Å². The van der Waals surface area contributed by atoms with Crippen molar-refractivity contribution in [1.82, 2.24) is 0 Å². The summed E-state index contributed by atoms with van der Waals surface area (Å²) < 4.78 is 5.52. The van der Waals surface area contributed by atoms with Crippen LogP contribution >= 0.6 is 0 Å². The molecule has 0 fully saturated rings. The van der Waals surface area contributed by atoms with Gasteiger partial charge in [-0.15, -0.1) is 0 Å². The molecule has 1 aromatic heterocycles. The van der Waals surface area contributed by atoms with Gasteiger partial charge in [-0.1, -0.05) is 18.2 Å². The van der Waals surface area contributed by atoms with Gasteiger partial charge in [-0.05, 0) is 30.7 Å². The number of benzene rings is 1. The first-order valence-corrected chi connectivity index (χ1v) is 6.35. The number of aryl methyl sites for hydroxylation is 1. The number of hydrogen-bond donors (Lipinski definition) is 1. The Bertz CT molecular complexity index is 618. The highest BCUT2D eigenvalue weighted by Crippen LogP contribution is 2.30. The number of nitrogens with two attached hydrogens (primary N) is 1. The maximum atomic E-state index is 12.0. The molecular formula is C15H16N2O2. The van der Waals surface area contributed by atoms with E-state index in [0.29, 0.717) is 13.0 Å². The van der Waals surface area contributed by atoms with Crippen molar-refractivity contribution in [3.8, 4) is 0 Å². The van der Waals surface area contributed by atoms with Gasteiger partial charge in [-0.25, -0.2) is 0 Å². The first kappa shape index (κ1) is 12.0. The number of furan rings is 1. The number of nitrogens with zero attached hydrogens (tertiary/aromatic N) is 1. The van der Waals surface area contributed by atoms with Crippen LogP contribution in [0.1, 0.15) is 23.1 Å². The molecule has 3 rings (SSSR count). The molecule has 0 aliphatic carbocycles. The fourth-order valence-corrected chi connectivity index (χ4v) is 2.46. The van der Waals surface area contributed by atoms with Crippen molar-refractivity contribution in [2.24, 2.45) is 5.73 Å². The van der Waals surface area contributed by atoms with Crippen LogP contribution in [0.3, 0.4) is 0 Å². The molecule has 0 saturated carbocycles. The Labute approximate surface area is 111 Å². The highest BCUT2D eigenvalue weighted by Gasteiger charge is 2.28. The monoisotopic (exact) mass is 256 g/mol. The molecule has 19 heavy (non-hydrogen) atoms. The summed E-state index contributed by atoms with van der Waals surface area (Å²) in [5.41, 5.74) is 8.15. The van der Waals surface area contributed by atoms with Gasteiger partial charge in [0.15, 0.2) is 0 Å². The number of carbonyl (C=O) groups excluding carboxylic acids is 1. The number of anilines is 1. The van der Waals surface area contributed by atoms with Gasteiger partial charge in [0.1, 0.15) is 11.5 Å². The lowest BCUT2D eigenvalue weighted by Crippen LogP contribution is -2.34. The highest BCUT2D eigenvalue weighted by molar-refractivity contribution is 6.01. The molecule has 98 valence electrons. The van der Waals surface area contributed by atoms with Gasteiger partial charge in [0.05, 0.1) is 12.5 Å². The van der Waals surface area contributed by atoms with E-state index in [0.717, 1.165) is 22.8 Å². The van der Waals surface area contributed by atoms with Crippen LogP contribution in [0.5, 0.6) is 0 Å². The summed E-state index contributed by atoms with van der Waals surface area (Å²) in [5.74, 6) is 1.65. The maximum Gasteiger partial charge on any atom is 0.231 e. The summed E-state index contributed by atoms with van der Waals surface area (Å²) in [6, 6.07) is 11.3. The predicted molar refractivity (Wildman–Crippen MR) is 72.9 cm³/mol. The summed E-state index contributed by atoms with van der Waals surface area (Å²) in [7, 11) is 0. The number of hydrogen-bond acceptors (Lipinski definition) is 3. The number of amides is 1. The van der Waals surface area contributed by atoms with Crippen molar-refractivity contribution in [1.29, 1.82) is 0 Å². The van der Waals surface area contributed by atoms with Crippen molar-refractivity contribution in [3.63, 3.8) is 0 Å². The topological polar surface area (TPSA) is 59.5 Å². The Morgan fingerprint density at radius 2 is 2.11 bits per heavy atom. The van der Waals surface area contributed by atoms with Gasteiger partial charge >= 0.3 is 0 Å². The summed E-state index contributed by atoms with van der Waals surface area (Å²) in [6.07, 6.45) is 0.458. The molecule has 0 radical (unpaired) electrons. The summed E-state index contributed by atoms with van der Waals surface area (Å²) in [5, 5.41) is 0. The normalized spacial score (nSPS) is 15.7. The lowest BCUT2D eigenvalue weighted by Gasteiger charge is -2.20. The molecule has 1 aliphatic heterocycles. The molecule has 0 spiro atoms. The molecule has 4 heteroatoms. The third kappa shape index (κ3) is 2.15. The quantitative estimate of drug-likeness (QED) is 0.915. The van der Waals surface area contributed by atoms with E-state index in [9.17, 15) is 4.79 Å². The third-order valence-electron chi connectivity index (χ3n) is 3.43. The van der Waals surface area contributed by atoms with Crippen LogP contribution in [0.4, 0.5) is 5.69 Å². The Morgan fingerprint density at radius 1 is 1.32 bits per heavy atom. The van der Waals surface area contributed by atoms with Gasteiger partial charge in [-0.2, -0.15) is 0 Å². The van der Waals surface area contributed by atoms with Gasteiger partial charge in [0.2, 0.25) is 5.91 Å². The van der Waals surface area contributed by atoms with Crippen molar-refractivity contribution >= 4 is 11.6 Å². The smallest absolute Gasteiger partial charge is 0.231 e. The van der Waals surface area contributed by atoms with Gasteiger partial charge in [0, 0.05) is 12.2 Å². The predicted octanol–water partition coefficient (Wildman–Crippen LogP) is 2.18. The van der Waals surface area contributed by atoms with Gasteiger partial charge < -0.3 is 15.1 Å². The van der Waals surface area contributed by atoms with Crippen LogP contribution < -0.4 is 10.6 Å². The number of para-hydroxylation sites is 1. The first-order valence-electron chi connectivity index (χ1n) is 6.35. The van der Waals surface area contributed by atoms with Crippen molar-refractivity contribution < 1.29 is 9.21 Å². The second-order valence-corrected chi connectivity index (χ2v) is 4.86. The van der Waals surface area contributed by atoms with Crippen LogP contribution in [0.15, 0.2) is 40.8 Å². The fourth-order valence-electron chi connectivity index (χ4n) is 2.46. The fraction of sp³-hybridized carbons (Fsp3) is 0.267. The Morgan fingerprint density at radius 3 is 2.84 bits per heavy atom. The van der Waals surface area contributed by atoms with E-state index in [1.807, 2.05) is 43.3 Å². The van der Waals surface area contributed by atoms with Crippen molar-refractivity contribution in [2.45, 2.75) is 19.4 Å². The molecule has 1 atom stereocenters. The molecule has 1 amide bonds. The van der Waals surface area contributed by atoms with E-state index < -0.39 is 0 Å². The zero-order valence-electron chi connectivity index (χ0n) is 10.8. The molecule has 2 aromatic rings. The minimum atomic E-state index is -0.302. The Hall–Kier alpha value is -2.07. The summed E-state index contributed by atoms with van der Waals surface area (Å²) in [6.45, 7) is 2.33. The van der Waals surface area contributed by atoms with Crippen LogP contribution in [0.2, 0.25) is 0 Å². The van der Waals surface area contributed by atoms with E-state index in [1.54, 1.807) is 4.90 Å². The van der Waals surface area contributed by atoms with Crippen molar-refractivity contribution in [2.75, 3.05) is 11.4 Å². The van der Waals surface area contributed by atoms with Gasteiger partial charge in [-0.3, -0.25) is 4.79 Å². The van der Waals surface area contributed by atoms with Crippen molar-refractivity contribution in [3.05, 3.63) is 53.5 Å². The van der Waals surface area contributed by atoms with Crippen LogP contribution in [0, 0.1) is 6.92 Å². The minimum absolute atomic E-state index is 0.0972. The molecule has 4 nitrogen and oxygen atoms in total. The molecule has 2 N–H and O–H groups in total. The number of carbonyl (C=O) groups is 1. The minimum Gasteiger partial charge on any atom is -0.465 e. The molecule has 0 saturated heterocycles. The van der Waals surface area contributed by atoms with E-state index in [2.05, 4.69) is 0 Å². The maximum absolute atomic E-state index is 12.0. The molecule has 1 aliphatic rings. The van der Waals surface area contributed by atoms with E-state index in [-0.39, 0.29) is 11.9 Å². The summed E-state index contributed by atoms with van der Waals surface area (Å²) >= 11 is 0. The number of fused-ring (bicyclic) bond motifs is 1. The Kier molecular flexibility index (Phi) is 2.87. The third-order valence-corrected chi connectivity index (χ3v) is 3.43. The Balaban J connectivity index is 1.82. The molecule has 0 bridgehead atoms. The molecule has 2 heterocycles. The lowest BCUT2D eigenvalue weighted by atomic mass is 10.1.